The highest BCUT2D eigenvalue weighted by molar-refractivity contribution is 5.32. The van der Waals surface area contributed by atoms with Crippen molar-refractivity contribution in [2.24, 2.45) is 5.73 Å². The second kappa shape index (κ2) is 5.56. The lowest BCUT2D eigenvalue weighted by Crippen LogP contribution is -2.07. The van der Waals surface area contributed by atoms with Crippen molar-refractivity contribution in [1.82, 2.24) is 0 Å². The van der Waals surface area contributed by atoms with E-state index >= 15 is 0 Å². The van der Waals surface area contributed by atoms with Crippen molar-refractivity contribution in [3.8, 4) is 5.75 Å². The Morgan fingerprint density at radius 3 is 2.80 bits per heavy atom. The van der Waals surface area contributed by atoms with Crippen LogP contribution in [0.25, 0.3) is 0 Å². The van der Waals surface area contributed by atoms with Gasteiger partial charge in [-0.2, -0.15) is 0 Å². The molecule has 0 aromatic heterocycles. The van der Waals surface area contributed by atoms with Crippen LogP contribution in [-0.2, 0) is 0 Å². The minimum atomic E-state index is -0.0459. The fraction of sp³-hybridized carbons (Fsp3) is 0.385. The molecule has 82 valence electrons. The van der Waals surface area contributed by atoms with Crippen LogP contribution >= 0.6 is 0 Å². The van der Waals surface area contributed by atoms with Crippen molar-refractivity contribution >= 4 is 0 Å². The predicted octanol–water partition coefficient (Wildman–Crippen LogP) is 3.05. The summed E-state index contributed by atoms with van der Waals surface area (Å²) in [6, 6.07) is 7.89. The van der Waals surface area contributed by atoms with Crippen molar-refractivity contribution in [2.75, 3.05) is 6.61 Å². The van der Waals surface area contributed by atoms with Gasteiger partial charge >= 0.3 is 0 Å². The van der Waals surface area contributed by atoms with Gasteiger partial charge in [0.25, 0.3) is 0 Å². The summed E-state index contributed by atoms with van der Waals surface area (Å²) in [6.07, 6.45) is 2.05. The number of rotatable bonds is 4. The van der Waals surface area contributed by atoms with E-state index in [4.69, 9.17) is 10.5 Å². The van der Waals surface area contributed by atoms with Gasteiger partial charge in [-0.3, -0.25) is 0 Å². The van der Waals surface area contributed by atoms with Gasteiger partial charge in [-0.15, -0.1) is 0 Å². The summed E-state index contributed by atoms with van der Waals surface area (Å²) in [5, 5.41) is 0. The molecule has 2 N–H and O–H groups in total. The Morgan fingerprint density at radius 1 is 1.47 bits per heavy atom. The molecule has 0 heterocycles. The van der Waals surface area contributed by atoms with Crippen LogP contribution in [0.5, 0.6) is 5.75 Å². The fourth-order valence-electron chi connectivity index (χ4n) is 1.43. The van der Waals surface area contributed by atoms with Gasteiger partial charge in [0.1, 0.15) is 5.75 Å². The lowest BCUT2D eigenvalue weighted by Gasteiger charge is -2.10. The number of ether oxygens (including phenoxy) is 1. The third-order valence-electron chi connectivity index (χ3n) is 2.07. The van der Waals surface area contributed by atoms with E-state index in [-0.39, 0.29) is 6.04 Å². The number of benzene rings is 1. The Bertz CT molecular complexity index is 340. The highest BCUT2D eigenvalue weighted by Crippen LogP contribution is 2.19. The van der Waals surface area contributed by atoms with E-state index in [0.717, 1.165) is 11.3 Å². The number of allylic oxidation sites excluding steroid dienone is 1. The van der Waals surface area contributed by atoms with Gasteiger partial charge in [0, 0.05) is 6.04 Å². The SMILES string of the molecule is CCOc1cccc(C(N)C=C(C)C)c1. The number of hydrogen-bond donors (Lipinski definition) is 1. The molecule has 0 fully saturated rings. The van der Waals surface area contributed by atoms with Gasteiger partial charge in [0.15, 0.2) is 0 Å². The van der Waals surface area contributed by atoms with E-state index in [0.29, 0.717) is 6.61 Å². The van der Waals surface area contributed by atoms with Crippen LogP contribution in [0.15, 0.2) is 35.9 Å². The van der Waals surface area contributed by atoms with Crippen LogP contribution < -0.4 is 10.5 Å². The first-order valence-electron chi connectivity index (χ1n) is 5.27. The van der Waals surface area contributed by atoms with Crippen molar-refractivity contribution < 1.29 is 4.74 Å². The van der Waals surface area contributed by atoms with Crippen molar-refractivity contribution in [2.45, 2.75) is 26.8 Å². The van der Waals surface area contributed by atoms with Crippen LogP contribution in [0.4, 0.5) is 0 Å². The Hall–Kier alpha value is -1.28. The zero-order chi connectivity index (χ0) is 11.3. The van der Waals surface area contributed by atoms with E-state index < -0.39 is 0 Å². The maximum absolute atomic E-state index is 6.03. The zero-order valence-electron chi connectivity index (χ0n) is 9.66. The Balaban J connectivity index is 2.85. The van der Waals surface area contributed by atoms with Crippen molar-refractivity contribution in [3.05, 3.63) is 41.5 Å². The number of hydrogen-bond acceptors (Lipinski definition) is 2. The zero-order valence-corrected chi connectivity index (χ0v) is 9.66. The van der Waals surface area contributed by atoms with Gasteiger partial charge in [-0.05, 0) is 38.5 Å². The molecule has 0 amide bonds. The molecule has 1 unspecified atom stereocenters. The average molecular weight is 205 g/mol. The standard InChI is InChI=1S/C13H19NO/c1-4-15-12-7-5-6-11(9-12)13(14)8-10(2)3/h5-9,13H,4,14H2,1-3H3. The molecular weight excluding hydrogens is 186 g/mol. The molecule has 0 spiro atoms. The molecule has 15 heavy (non-hydrogen) atoms. The monoisotopic (exact) mass is 205 g/mol. The normalized spacial score (nSPS) is 12.0. The van der Waals surface area contributed by atoms with Crippen LogP contribution in [0.1, 0.15) is 32.4 Å². The maximum Gasteiger partial charge on any atom is 0.119 e. The van der Waals surface area contributed by atoms with E-state index in [9.17, 15) is 0 Å². The molecule has 0 saturated carbocycles. The summed E-state index contributed by atoms with van der Waals surface area (Å²) >= 11 is 0. The minimum absolute atomic E-state index is 0.0459. The first-order chi connectivity index (χ1) is 7.13. The lowest BCUT2D eigenvalue weighted by molar-refractivity contribution is 0.340. The molecule has 0 aliphatic heterocycles. The molecule has 0 saturated heterocycles. The fourth-order valence-corrected chi connectivity index (χ4v) is 1.43. The molecule has 0 radical (unpaired) electrons. The van der Waals surface area contributed by atoms with Gasteiger partial charge < -0.3 is 10.5 Å². The molecule has 2 heteroatoms. The smallest absolute Gasteiger partial charge is 0.119 e. The first-order valence-corrected chi connectivity index (χ1v) is 5.27. The van der Waals surface area contributed by atoms with Crippen LogP contribution in [0, 0.1) is 0 Å². The third-order valence-corrected chi connectivity index (χ3v) is 2.07. The van der Waals surface area contributed by atoms with E-state index in [1.54, 1.807) is 0 Å². The Kier molecular flexibility index (Phi) is 4.37. The Labute approximate surface area is 91.7 Å². The summed E-state index contributed by atoms with van der Waals surface area (Å²) in [5.74, 6) is 0.882. The van der Waals surface area contributed by atoms with Gasteiger partial charge in [-0.1, -0.05) is 23.8 Å². The highest BCUT2D eigenvalue weighted by Gasteiger charge is 2.03. The minimum Gasteiger partial charge on any atom is -0.494 e. The molecule has 1 aromatic carbocycles. The molecule has 0 bridgehead atoms. The van der Waals surface area contributed by atoms with Crippen LogP contribution in [0.3, 0.4) is 0 Å². The molecular formula is C13H19NO. The summed E-state index contributed by atoms with van der Waals surface area (Å²) in [5.41, 5.74) is 8.34. The predicted molar refractivity (Wildman–Crippen MR) is 64.0 cm³/mol. The molecule has 1 rings (SSSR count). The molecule has 1 atom stereocenters. The largest absolute Gasteiger partial charge is 0.494 e. The van der Waals surface area contributed by atoms with Crippen LogP contribution in [-0.4, -0.2) is 6.61 Å². The van der Waals surface area contributed by atoms with Crippen molar-refractivity contribution in [3.63, 3.8) is 0 Å². The average Bonchev–Trinajstić information content (AvgIpc) is 2.17. The van der Waals surface area contributed by atoms with Gasteiger partial charge in [0.05, 0.1) is 6.61 Å². The second-order valence-corrected chi connectivity index (χ2v) is 3.78. The van der Waals surface area contributed by atoms with Crippen molar-refractivity contribution in [1.29, 1.82) is 0 Å². The van der Waals surface area contributed by atoms with Crippen LogP contribution in [0.2, 0.25) is 0 Å². The van der Waals surface area contributed by atoms with Gasteiger partial charge in [0.2, 0.25) is 0 Å². The summed E-state index contributed by atoms with van der Waals surface area (Å²) in [4.78, 5) is 0. The highest BCUT2D eigenvalue weighted by atomic mass is 16.5. The third kappa shape index (κ3) is 3.76. The molecule has 1 aromatic rings. The van der Waals surface area contributed by atoms with E-state index in [1.165, 1.54) is 5.57 Å². The number of nitrogens with two attached hydrogens (primary N) is 1. The first kappa shape index (κ1) is 11.8. The maximum atomic E-state index is 6.03. The lowest BCUT2D eigenvalue weighted by atomic mass is 10.1. The molecule has 0 aliphatic rings. The van der Waals surface area contributed by atoms with E-state index in [1.807, 2.05) is 51.1 Å². The summed E-state index contributed by atoms with van der Waals surface area (Å²) in [6.45, 7) is 6.75. The summed E-state index contributed by atoms with van der Waals surface area (Å²) < 4.78 is 5.43. The van der Waals surface area contributed by atoms with Gasteiger partial charge in [-0.25, -0.2) is 0 Å². The quantitative estimate of drug-likeness (QED) is 0.767. The molecule has 0 aliphatic carbocycles. The summed E-state index contributed by atoms with van der Waals surface area (Å²) in [7, 11) is 0. The van der Waals surface area contributed by atoms with E-state index in [2.05, 4.69) is 0 Å². The topological polar surface area (TPSA) is 35.2 Å². The molecule has 2 nitrogen and oxygen atoms in total. The Morgan fingerprint density at radius 2 is 2.20 bits per heavy atom. The second-order valence-electron chi connectivity index (χ2n) is 3.78.